The second kappa shape index (κ2) is 12.6. The molecule has 6 nitrogen and oxygen atoms in total. The molecule has 1 saturated carbocycles. The van der Waals surface area contributed by atoms with E-state index in [4.69, 9.17) is 14.6 Å². The van der Waals surface area contributed by atoms with Gasteiger partial charge in [-0.05, 0) is 87.3 Å². The summed E-state index contributed by atoms with van der Waals surface area (Å²) in [6.07, 6.45) is 14.4. The SMILES string of the molecule is COC(=O)CC1C(CC2=C(C)CCC2)CCC2C(C)C=CC(=O)C21C.O=CO.c1ccoc1. The molecular formula is C27H38O6. The molecular weight excluding hydrogens is 420 g/mol. The zero-order valence-corrected chi connectivity index (χ0v) is 20.3. The van der Waals surface area contributed by atoms with Crippen molar-refractivity contribution in [1.82, 2.24) is 0 Å². The minimum atomic E-state index is -0.432. The van der Waals surface area contributed by atoms with Crippen molar-refractivity contribution in [2.75, 3.05) is 7.11 Å². The summed E-state index contributed by atoms with van der Waals surface area (Å²) < 4.78 is 9.58. The van der Waals surface area contributed by atoms with Gasteiger partial charge in [-0.3, -0.25) is 14.4 Å². The summed E-state index contributed by atoms with van der Waals surface area (Å²) in [4.78, 5) is 33.5. The number of allylic oxidation sites excluding steroid dienone is 4. The third-order valence-electron chi connectivity index (χ3n) is 7.86. The van der Waals surface area contributed by atoms with Gasteiger partial charge < -0.3 is 14.3 Å². The highest BCUT2D eigenvalue weighted by Crippen LogP contribution is 2.56. The Bertz CT molecular complexity index is 820. The Balaban J connectivity index is 0.000000410. The number of fused-ring (bicyclic) bond motifs is 1. The highest BCUT2D eigenvalue weighted by molar-refractivity contribution is 5.96. The van der Waals surface area contributed by atoms with Gasteiger partial charge in [0.1, 0.15) is 0 Å². The van der Waals surface area contributed by atoms with E-state index in [0.29, 0.717) is 24.2 Å². The summed E-state index contributed by atoms with van der Waals surface area (Å²) in [6.45, 7) is 6.34. The van der Waals surface area contributed by atoms with Crippen LogP contribution in [0.15, 0.2) is 52.4 Å². The third-order valence-corrected chi connectivity index (χ3v) is 7.86. The first-order valence-electron chi connectivity index (χ1n) is 11.8. The van der Waals surface area contributed by atoms with Gasteiger partial charge in [-0.25, -0.2) is 0 Å². The smallest absolute Gasteiger partial charge is 0.305 e. The number of rotatable bonds is 4. The molecule has 182 valence electrons. The zero-order chi connectivity index (χ0) is 24.4. The highest BCUT2D eigenvalue weighted by atomic mass is 16.5. The fraction of sp³-hybridized carbons (Fsp3) is 0.593. The van der Waals surface area contributed by atoms with E-state index in [1.165, 1.54) is 31.9 Å². The van der Waals surface area contributed by atoms with Crippen LogP contribution in [0, 0.1) is 29.1 Å². The summed E-state index contributed by atoms with van der Waals surface area (Å²) in [5.74, 6) is 1.27. The van der Waals surface area contributed by atoms with Gasteiger partial charge in [-0.15, -0.1) is 0 Å². The molecule has 0 radical (unpaired) electrons. The average Bonchev–Trinajstić information content (AvgIpc) is 3.49. The van der Waals surface area contributed by atoms with E-state index in [1.54, 1.807) is 24.2 Å². The predicted molar refractivity (Wildman–Crippen MR) is 126 cm³/mol. The van der Waals surface area contributed by atoms with E-state index >= 15 is 0 Å². The molecule has 0 bridgehead atoms. The molecule has 1 N–H and O–H groups in total. The van der Waals surface area contributed by atoms with E-state index in [0.717, 1.165) is 19.3 Å². The summed E-state index contributed by atoms with van der Waals surface area (Å²) in [5.41, 5.74) is 2.68. The number of carbonyl (C=O) groups is 3. The maximum atomic E-state index is 13.0. The number of hydrogen-bond acceptors (Lipinski definition) is 5. The van der Waals surface area contributed by atoms with Crippen LogP contribution in [0.2, 0.25) is 0 Å². The molecule has 4 rings (SSSR count). The van der Waals surface area contributed by atoms with Gasteiger partial charge in [0.15, 0.2) is 5.78 Å². The first-order valence-corrected chi connectivity index (χ1v) is 11.8. The van der Waals surface area contributed by atoms with Crippen molar-refractivity contribution in [3.05, 3.63) is 48.0 Å². The Morgan fingerprint density at radius 1 is 1.27 bits per heavy atom. The number of ether oxygens (including phenoxy) is 1. The number of carbonyl (C=O) groups excluding carboxylic acids is 2. The first kappa shape index (κ1) is 26.6. The van der Waals surface area contributed by atoms with Crippen molar-refractivity contribution in [3.63, 3.8) is 0 Å². The van der Waals surface area contributed by atoms with E-state index in [1.807, 2.05) is 12.1 Å². The molecule has 1 fully saturated rings. The monoisotopic (exact) mass is 458 g/mol. The van der Waals surface area contributed by atoms with Crippen molar-refractivity contribution < 1.29 is 28.6 Å². The van der Waals surface area contributed by atoms with Gasteiger partial charge in [0, 0.05) is 11.8 Å². The summed E-state index contributed by atoms with van der Waals surface area (Å²) in [6, 6.07) is 3.67. The van der Waals surface area contributed by atoms with Crippen LogP contribution in [-0.2, 0) is 19.1 Å². The molecule has 1 aromatic rings. The topological polar surface area (TPSA) is 93.8 Å². The second-order valence-electron chi connectivity index (χ2n) is 9.54. The van der Waals surface area contributed by atoms with E-state index in [-0.39, 0.29) is 24.1 Å². The molecule has 0 aromatic carbocycles. The maximum absolute atomic E-state index is 13.0. The van der Waals surface area contributed by atoms with Crippen LogP contribution in [-0.4, -0.2) is 30.4 Å². The Labute approximate surface area is 197 Å². The molecule has 5 unspecified atom stereocenters. The lowest BCUT2D eigenvalue weighted by Gasteiger charge is -2.53. The number of hydrogen-bond donors (Lipinski definition) is 1. The molecule has 3 aliphatic rings. The lowest BCUT2D eigenvalue weighted by Crippen LogP contribution is -2.52. The number of carboxylic acid groups (broad SMARTS) is 1. The van der Waals surface area contributed by atoms with Gasteiger partial charge in [-0.1, -0.05) is 31.1 Å². The summed E-state index contributed by atoms with van der Waals surface area (Å²) >= 11 is 0. The molecule has 6 heteroatoms. The van der Waals surface area contributed by atoms with E-state index in [2.05, 4.69) is 31.3 Å². The Morgan fingerprint density at radius 2 is 1.94 bits per heavy atom. The van der Waals surface area contributed by atoms with E-state index in [9.17, 15) is 9.59 Å². The van der Waals surface area contributed by atoms with Crippen molar-refractivity contribution in [1.29, 1.82) is 0 Å². The molecule has 0 saturated heterocycles. The van der Waals surface area contributed by atoms with Crippen LogP contribution < -0.4 is 0 Å². The Morgan fingerprint density at radius 3 is 2.45 bits per heavy atom. The normalized spacial score (nSPS) is 30.4. The summed E-state index contributed by atoms with van der Waals surface area (Å²) in [5, 5.41) is 6.89. The lowest BCUT2D eigenvalue weighted by molar-refractivity contribution is -0.150. The minimum Gasteiger partial charge on any atom is -0.483 e. The molecule has 0 aliphatic heterocycles. The fourth-order valence-electron chi connectivity index (χ4n) is 6.05. The van der Waals surface area contributed by atoms with Gasteiger partial charge in [0.2, 0.25) is 0 Å². The van der Waals surface area contributed by atoms with E-state index < -0.39 is 5.41 Å². The minimum absolute atomic E-state index is 0.0829. The third kappa shape index (κ3) is 6.46. The average molecular weight is 459 g/mol. The van der Waals surface area contributed by atoms with Crippen LogP contribution in [0.5, 0.6) is 0 Å². The molecule has 3 aliphatic carbocycles. The van der Waals surface area contributed by atoms with Crippen LogP contribution in [0.25, 0.3) is 0 Å². The van der Waals surface area contributed by atoms with Crippen LogP contribution in [0.3, 0.4) is 0 Å². The van der Waals surface area contributed by atoms with Crippen molar-refractivity contribution in [2.24, 2.45) is 29.1 Å². The Hall–Kier alpha value is -2.63. The van der Waals surface area contributed by atoms with Crippen LogP contribution in [0.1, 0.15) is 65.7 Å². The van der Waals surface area contributed by atoms with Gasteiger partial charge >= 0.3 is 5.97 Å². The van der Waals surface area contributed by atoms with Gasteiger partial charge in [0.05, 0.1) is 19.6 Å². The first-order chi connectivity index (χ1) is 15.8. The highest BCUT2D eigenvalue weighted by Gasteiger charge is 2.55. The maximum Gasteiger partial charge on any atom is 0.305 e. The summed E-state index contributed by atoms with van der Waals surface area (Å²) in [7, 11) is 1.45. The number of methoxy groups -OCH3 is 1. The fourth-order valence-corrected chi connectivity index (χ4v) is 6.05. The molecule has 0 spiro atoms. The molecule has 5 atom stereocenters. The van der Waals surface area contributed by atoms with Gasteiger partial charge in [-0.2, -0.15) is 0 Å². The van der Waals surface area contributed by atoms with Crippen molar-refractivity contribution in [3.8, 4) is 0 Å². The second-order valence-corrected chi connectivity index (χ2v) is 9.54. The predicted octanol–water partition coefficient (Wildman–Crippen LogP) is 5.84. The van der Waals surface area contributed by atoms with Crippen LogP contribution in [0.4, 0.5) is 0 Å². The van der Waals surface area contributed by atoms with Crippen molar-refractivity contribution in [2.45, 2.75) is 65.7 Å². The van der Waals surface area contributed by atoms with Crippen LogP contribution >= 0.6 is 0 Å². The largest absolute Gasteiger partial charge is 0.483 e. The number of ketones is 1. The molecule has 0 amide bonds. The van der Waals surface area contributed by atoms with Crippen molar-refractivity contribution >= 4 is 18.2 Å². The number of furan rings is 1. The number of esters is 1. The molecule has 33 heavy (non-hydrogen) atoms. The molecule has 1 heterocycles. The molecule has 1 aromatic heterocycles. The standard InChI is InChI=1S/C22H32O3.C4H4O.CH2O2/c1-14-6-5-7-16(14)12-17-9-10-18-15(2)8-11-20(23)22(18,3)19(17)13-21(24)25-4;1-2-4-5-3-1;2-1-3/h8,11,15,17-19H,5-7,9-10,12-13H2,1-4H3;1-4H;1H,(H,2,3). The quantitative estimate of drug-likeness (QED) is 0.346. The zero-order valence-electron chi connectivity index (χ0n) is 20.3. The lowest BCUT2D eigenvalue weighted by atomic mass is 9.50. The Kier molecular flexibility index (Phi) is 10.1. The van der Waals surface area contributed by atoms with Gasteiger partial charge in [0.25, 0.3) is 6.47 Å².